The van der Waals surface area contributed by atoms with Gasteiger partial charge in [0.05, 0.1) is 11.8 Å². The van der Waals surface area contributed by atoms with Gasteiger partial charge in [0.1, 0.15) is 0 Å². The first-order valence-electron chi connectivity index (χ1n) is 22.1. The maximum Gasteiger partial charge on any atom is 0.233 e. The number of allylic oxidation sites excluding steroid dienone is 1. The van der Waals surface area contributed by atoms with Crippen molar-refractivity contribution in [3.63, 3.8) is 0 Å². The van der Waals surface area contributed by atoms with Crippen molar-refractivity contribution in [2.75, 3.05) is 14.1 Å². The molecule has 0 radical (unpaired) electrons. The highest BCUT2D eigenvalue weighted by Gasteiger charge is 2.47. The molecule has 6 atom stereocenters. The van der Waals surface area contributed by atoms with Gasteiger partial charge in [-0.1, -0.05) is 112 Å². The SMILES string of the molecule is C.C.C.C=C1C(C(C)C)C(CC(C)C)C(=O)N1C.CC(C)CC1C(=O)N(C)C(=O)C1C(C)C.CC(C)CC1CC(=O)N(C(C)C)C1=O.CC(C)CC1CC(=O)N(C(C)C)C1=O. The van der Waals surface area contributed by atoms with Crippen molar-refractivity contribution in [1.29, 1.82) is 0 Å². The fourth-order valence-electron chi connectivity index (χ4n) is 9.04. The van der Waals surface area contributed by atoms with Gasteiger partial charge in [-0.2, -0.15) is 0 Å². The molecular formula is C50H94N4O7. The molecule has 4 aliphatic heterocycles. The van der Waals surface area contributed by atoms with Gasteiger partial charge in [0, 0.05) is 68.4 Å². The van der Waals surface area contributed by atoms with Crippen molar-refractivity contribution < 1.29 is 33.6 Å². The molecule has 0 aromatic carbocycles. The number of rotatable bonds is 12. The van der Waals surface area contributed by atoms with Crippen molar-refractivity contribution >= 4 is 41.4 Å². The normalized spacial score (nSPS) is 24.0. The van der Waals surface area contributed by atoms with E-state index in [0.29, 0.717) is 48.3 Å². The van der Waals surface area contributed by atoms with Crippen molar-refractivity contribution in [2.45, 2.75) is 184 Å². The predicted octanol–water partition coefficient (Wildman–Crippen LogP) is 10.4. The third-order valence-corrected chi connectivity index (χ3v) is 11.6. The molecule has 0 aromatic heterocycles. The zero-order valence-electron chi connectivity index (χ0n) is 39.7. The van der Waals surface area contributed by atoms with Gasteiger partial charge in [-0.05, 0) is 88.9 Å². The Morgan fingerprint density at radius 1 is 0.443 bits per heavy atom. The van der Waals surface area contributed by atoms with Crippen molar-refractivity contribution in [3.05, 3.63) is 12.3 Å². The molecule has 4 saturated heterocycles. The zero-order valence-corrected chi connectivity index (χ0v) is 39.7. The number of imide groups is 3. The summed E-state index contributed by atoms with van der Waals surface area (Å²) in [6.07, 6.45) is 4.27. The zero-order chi connectivity index (χ0) is 45.3. The number of hydrogen-bond donors (Lipinski definition) is 0. The second-order valence-electron chi connectivity index (χ2n) is 20.1. The lowest BCUT2D eigenvalue weighted by Gasteiger charge is -2.22. The van der Waals surface area contributed by atoms with E-state index in [0.717, 1.165) is 31.4 Å². The van der Waals surface area contributed by atoms with Crippen LogP contribution >= 0.6 is 0 Å². The molecule has 0 aliphatic carbocycles. The molecule has 61 heavy (non-hydrogen) atoms. The number of carbonyl (C=O) groups excluding carboxylic acids is 7. The van der Waals surface area contributed by atoms with E-state index in [4.69, 9.17) is 0 Å². The minimum Gasteiger partial charge on any atom is -0.319 e. The minimum atomic E-state index is -0.107. The lowest BCUT2D eigenvalue weighted by atomic mass is 9.80. The van der Waals surface area contributed by atoms with Gasteiger partial charge >= 0.3 is 0 Å². The lowest BCUT2D eigenvalue weighted by molar-refractivity contribution is -0.143. The number of hydrogen-bond acceptors (Lipinski definition) is 7. The predicted molar refractivity (Wildman–Crippen MR) is 252 cm³/mol. The number of likely N-dealkylation sites (tertiary alicyclic amines) is 4. The summed E-state index contributed by atoms with van der Waals surface area (Å²) in [6.45, 7) is 36.8. The van der Waals surface area contributed by atoms with Gasteiger partial charge in [0.2, 0.25) is 41.4 Å². The van der Waals surface area contributed by atoms with Crippen LogP contribution in [0.5, 0.6) is 0 Å². The Labute approximate surface area is 374 Å². The van der Waals surface area contributed by atoms with Gasteiger partial charge in [0.15, 0.2) is 0 Å². The molecule has 11 heteroatoms. The Hall–Kier alpha value is -3.37. The number of amides is 7. The fourth-order valence-corrected chi connectivity index (χ4v) is 9.04. The topological polar surface area (TPSA) is 132 Å². The van der Waals surface area contributed by atoms with E-state index >= 15 is 0 Å². The smallest absolute Gasteiger partial charge is 0.233 e. The first-order chi connectivity index (χ1) is 26.6. The fraction of sp³-hybridized carbons (Fsp3) is 0.820. The van der Waals surface area contributed by atoms with Gasteiger partial charge in [-0.15, -0.1) is 0 Å². The van der Waals surface area contributed by atoms with Crippen LogP contribution in [-0.4, -0.2) is 87.1 Å². The van der Waals surface area contributed by atoms with E-state index in [1.807, 2.05) is 48.6 Å². The van der Waals surface area contributed by atoms with Crippen LogP contribution < -0.4 is 0 Å². The van der Waals surface area contributed by atoms with Gasteiger partial charge in [-0.25, -0.2) is 0 Å². The number of carbonyl (C=O) groups is 7. The van der Waals surface area contributed by atoms with Crippen LogP contribution in [0.15, 0.2) is 12.3 Å². The number of nitrogens with zero attached hydrogens (tertiary/aromatic N) is 4. The largest absolute Gasteiger partial charge is 0.319 e. The standard InChI is InChI=1S/C13H23NO.C12H21NO2.2C11H19NO2.3CH4/c1-8(2)7-11-12(9(3)4)10(5)14(6)13(11)15;1-7(2)6-9-10(8(3)4)12(15)13(5)11(9)14;2*1-7(2)5-9-6-10(13)12(8(3)4)11(9)14;;;/h8-9,11-12H,5,7H2,1-4,6H3;7-10H,6H2,1-5H3;2*7-9H,5-6H2,1-4H3;3*1H4. The molecule has 4 heterocycles. The summed E-state index contributed by atoms with van der Waals surface area (Å²) in [5, 5.41) is 0. The monoisotopic (exact) mass is 863 g/mol. The molecule has 4 fully saturated rings. The molecule has 6 unspecified atom stereocenters. The van der Waals surface area contributed by atoms with E-state index in [-0.39, 0.29) is 111 Å². The van der Waals surface area contributed by atoms with Gasteiger partial charge < -0.3 is 4.90 Å². The third-order valence-electron chi connectivity index (χ3n) is 11.6. The molecule has 11 nitrogen and oxygen atoms in total. The lowest BCUT2D eigenvalue weighted by Crippen LogP contribution is -2.36. The van der Waals surface area contributed by atoms with E-state index < -0.39 is 0 Å². The Bertz CT molecular complexity index is 1350. The maximum atomic E-state index is 12.0. The summed E-state index contributed by atoms with van der Waals surface area (Å²) in [5.74, 6) is 3.19. The maximum absolute atomic E-state index is 12.0. The second-order valence-corrected chi connectivity index (χ2v) is 20.1. The average Bonchev–Trinajstić information content (AvgIpc) is 3.67. The Balaban J connectivity index is -0.000000724. The van der Waals surface area contributed by atoms with E-state index in [1.165, 1.54) is 14.7 Å². The molecule has 4 rings (SSSR count). The molecule has 0 bridgehead atoms. The quantitative estimate of drug-likeness (QED) is 0.178. The molecule has 356 valence electrons. The van der Waals surface area contributed by atoms with Crippen LogP contribution in [0.2, 0.25) is 0 Å². The van der Waals surface area contributed by atoms with Crippen molar-refractivity contribution in [2.24, 2.45) is 71.0 Å². The van der Waals surface area contributed by atoms with Crippen LogP contribution in [-0.2, 0) is 33.6 Å². The summed E-state index contributed by atoms with van der Waals surface area (Å²) in [7, 11) is 3.45. The first-order valence-corrected chi connectivity index (χ1v) is 22.1. The van der Waals surface area contributed by atoms with Crippen LogP contribution in [0.1, 0.15) is 172 Å². The van der Waals surface area contributed by atoms with Crippen LogP contribution in [0.25, 0.3) is 0 Å². The highest BCUT2D eigenvalue weighted by atomic mass is 16.2. The molecule has 0 aromatic rings. The van der Waals surface area contributed by atoms with Crippen molar-refractivity contribution in [3.8, 4) is 0 Å². The highest BCUT2D eigenvalue weighted by Crippen LogP contribution is 2.40. The third kappa shape index (κ3) is 16.7. The average molecular weight is 863 g/mol. The Kier molecular flexibility index (Phi) is 27.4. The minimum absolute atomic E-state index is 0. The summed E-state index contributed by atoms with van der Waals surface area (Å²) < 4.78 is 0. The Morgan fingerprint density at radius 3 is 1.00 bits per heavy atom. The van der Waals surface area contributed by atoms with Crippen LogP contribution in [0, 0.1) is 71.0 Å². The second kappa shape index (κ2) is 27.0. The molecule has 7 amide bonds. The summed E-state index contributed by atoms with van der Waals surface area (Å²) in [5.41, 5.74) is 1.00. The highest BCUT2D eigenvalue weighted by molar-refractivity contribution is 6.05. The summed E-state index contributed by atoms with van der Waals surface area (Å²) >= 11 is 0. The molecule has 0 saturated carbocycles. The van der Waals surface area contributed by atoms with E-state index in [1.54, 1.807) is 11.9 Å². The molecular weight excluding hydrogens is 769 g/mol. The molecule has 0 spiro atoms. The molecule has 0 N–H and O–H groups in total. The van der Waals surface area contributed by atoms with Crippen LogP contribution in [0.3, 0.4) is 0 Å². The van der Waals surface area contributed by atoms with E-state index in [9.17, 15) is 33.6 Å². The van der Waals surface area contributed by atoms with E-state index in [2.05, 4.69) is 75.8 Å². The van der Waals surface area contributed by atoms with Crippen molar-refractivity contribution in [1.82, 2.24) is 19.6 Å². The Morgan fingerprint density at radius 2 is 0.738 bits per heavy atom. The summed E-state index contributed by atoms with van der Waals surface area (Å²) in [6, 6.07) is 0.0133. The summed E-state index contributed by atoms with van der Waals surface area (Å²) in [4.78, 5) is 88.3. The first kappa shape index (κ1) is 61.9. The molecule has 4 aliphatic rings. The van der Waals surface area contributed by atoms with Crippen LogP contribution in [0.4, 0.5) is 0 Å². The van der Waals surface area contributed by atoms with Gasteiger partial charge in [-0.3, -0.25) is 48.3 Å². The van der Waals surface area contributed by atoms with Gasteiger partial charge in [0.25, 0.3) is 0 Å².